The van der Waals surface area contributed by atoms with Crippen LogP contribution in [-0.2, 0) is 4.74 Å². The smallest absolute Gasteiger partial charge is 0.0958 e. The number of methoxy groups -OCH3 is 1. The monoisotopic (exact) mass is 312 g/mol. The van der Waals surface area contributed by atoms with Crippen molar-refractivity contribution in [2.45, 2.75) is 65.7 Å². The number of hydrogen-bond acceptors (Lipinski definition) is 1. The Kier molecular flexibility index (Phi) is 3.55. The van der Waals surface area contributed by atoms with Crippen molar-refractivity contribution in [1.29, 1.82) is 0 Å². The number of rotatable bonds is 1. The predicted molar refractivity (Wildman–Crippen MR) is 95.9 cm³/mol. The number of fused-ring (bicyclic) bond motifs is 5. The largest absolute Gasteiger partial charge is 0.501 e. The molecule has 0 radical (unpaired) electrons. The summed E-state index contributed by atoms with van der Waals surface area (Å²) in [5.41, 5.74) is 4.23. The molecular weight excluding hydrogens is 280 g/mol. The topological polar surface area (TPSA) is 9.23 Å². The first-order valence-electron chi connectivity index (χ1n) is 9.64. The molecule has 5 atom stereocenters. The van der Waals surface area contributed by atoms with E-state index in [0.717, 1.165) is 24.2 Å². The van der Waals surface area contributed by atoms with Crippen molar-refractivity contribution >= 4 is 0 Å². The third kappa shape index (κ3) is 2.04. The molecule has 4 aliphatic rings. The molecule has 0 aromatic carbocycles. The van der Waals surface area contributed by atoms with E-state index in [9.17, 15) is 0 Å². The van der Waals surface area contributed by atoms with Gasteiger partial charge in [-0.15, -0.1) is 0 Å². The Morgan fingerprint density at radius 3 is 2.61 bits per heavy atom. The summed E-state index contributed by atoms with van der Waals surface area (Å²) in [5.74, 6) is 3.88. The third-order valence-corrected chi connectivity index (χ3v) is 8.19. The summed E-state index contributed by atoms with van der Waals surface area (Å²) < 4.78 is 5.55. The van der Waals surface area contributed by atoms with E-state index in [1.54, 1.807) is 11.1 Å². The predicted octanol–water partition coefficient (Wildman–Crippen LogP) is 6.04. The summed E-state index contributed by atoms with van der Waals surface area (Å²) in [4.78, 5) is 0. The molecule has 0 heterocycles. The fourth-order valence-electron chi connectivity index (χ4n) is 6.78. The van der Waals surface area contributed by atoms with Gasteiger partial charge in [0.25, 0.3) is 0 Å². The quantitative estimate of drug-likeness (QED) is 0.537. The highest BCUT2D eigenvalue weighted by atomic mass is 16.5. The van der Waals surface area contributed by atoms with Crippen LogP contribution in [0.3, 0.4) is 0 Å². The van der Waals surface area contributed by atoms with Crippen LogP contribution < -0.4 is 0 Å². The molecular formula is C22H32O. The van der Waals surface area contributed by atoms with Gasteiger partial charge in [0.2, 0.25) is 0 Å². The number of hydrogen-bond donors (Lipinski definition) is 0. The Bertz CT molecular complexity index is 595. The van der Waals surface area contributed by atoms with Gasteiger partial charge in [0.15, 0.2) is 0 Å². The van der Waals surface area contributed by atoms with Crippen molar-refractivity contribution in [3.05, 3.63) is 35.1 Å². The lowest BCUT2D eigenvalue weighted by atomic mass is 9.48. The van der Waals surface area contributed by atoms with E-state index in [4.69, 9.17) is 4.74 Å². The van der Waals surface area contributed by atoms with Gasteiger partial charge < -0.3 is 4.74 Å². The number of ether oxygens (including phenoxy) is 1. The lowest BCUT2D eigenvalue weighted by Crippen LogP contribution is -2.48. The maximum Gasteiger partial charge on any atom is 0.0958 e. The molecule has 23 heavy (non-hydrogen) atoms. The highest BCUT2D eigenvalue weighted by molar-refractivity contribution is 5.36. The summed E-state index contributed by atoms with van der Waals surface area (Å²) in [5, 5.41) is 0. The first kappa shape index (κ1) is 15.5. The summed E-state index contributed by atoms with van der Waals surface area (Å²) in [6.45, 7) is 7.38. The summed E-state index contributed by atoms with van der Waals surface area (Å²) in [7, 11) is 1.82. The van der Waals surface area contributed by atoms with Crippen molar-refractivity contribution in [1.82, 2.24) is 0 Å². The zero-order valence-electron chi connectivity index (χ0n) is 15.3. The summed E-state index contributed by atoms with van der Waals surface area (Å²) in [6, 6.07) is 0. The van der Waals surface area contributed by atoms with Gasteiger partial charge in [0.05, 0.1) is 12.9 Å². The molecule has 2 saturated carbocycles. The minimum atomic E-state index is 0.394. The molecule has 1 nitrogen and oxygen atoms in total. The Morgan fingerprint density at radius 2 is 1.87 bits per heavy atom. The molecule has 4 rings (SSSR count). The van der Waals surface area contributed by atoms with Crippen molar-refractivity contribution in [2.75, 3.05) is 7.11 Å². The molecule has 4 aliphatic carbocycles. The zero-order chi connectivity index (χ0) is 16.2. The highest BCUT2D eigenvalue weighted by Crippen LogP contribution is 2.65. The molecule has 0 amide bonds. The van der Waals surface area contributed by atoms with Gasteiger partial charge in [-0.3, -0.25) is 0 Å². The van der Waals surface area contributed by atoms with Gasteiger partial charge in [-0.2, -0.15) is 0 Å². The Labute approximate surface area is 141 Å². The lowest BCUT2D eigenvalue weighted by molar-refractivity contribution is -0.00833. The molecule has 0 spiro atoms. The van der Waals surface area contributed by atoms with Crippen LogP contribution in [0.2, 0.25) is 0 Å². The van der Waals surface area contributed by atoms with Crippen molar-refractivity contribution in [3.63, 3.8) is 0 Å². The van der Waals surface area contributed by atoms with E-state index >= 15 is 0 Å². The Morgan fingerprint density at radius 1 is 1.09 bits per heavy atom. The van der Waals surface area contributed by atoms with Crippen LogP contribution in [0, 0.1) is 28.6 Å². The summed E-state index contributed by atoms with van der Waals surface area (Å²) >= 11 is 0. The zero-order valence-corrected chi connectivity index (χ0v) is 15.3. The van der Waals surface area contributed by atoms with Gasteiger partial charge >= 0.3 is 0 Å². The maximum absolute atomic E-state index is 5.55. The second-order valence-electron chi connectivity index (χ2n) is 8.81. The fraction of sp³-hybridized carbons (Fsp3) is 0.727. The van der Waals surface area contributed by atoms with E-state index in [1.807, 2.05) is 7.11 Å². The molecule has 0 saturated heterocycles. The van der Waals surface area contributed by atoms with Gasteiger partial charge in [-0.1, -0.05) is 31.6 Å². The van der Waals surface area contributed by atoms with Crippen LogP contribution in [0.1, 0.15) is 65.7 Å². The molecule has 0 N–H and O–H groups in total. The second-order valence-corrected chi connectivity index (χ2v) is 8.81. The third-order valence-electron chi connectivity index (χ3n) is 8.19. The van der Waals surface area contributed by atoms with Crippen LogP contribution in [0.25, 0.3) is 0 Å². The minimum Gasteiger partial charge on any atom is -0.501 e. The van der Waals surface area contributed by atoms with Crippen LogP contribution in [0.15, 0.2) is 35.1 Å². The van der Waals surface area contributed by atoms with Gasteiger partial charge in [-0.05, 0) is 85.7 Å². The van der Waals surface area contributed by atoms with Gasteiger partial charge in [0, 0.05) is 6.42 Å². The molecule has 0 aromatic rings. The molecule has 2 fully saturated rings. The highest BCUT2D eigenvalue weighted by Gasteiger charge is 2.56. The first-order chi connectivity index (χ1) is 11.0. The Hall–Kier alpha value is -0.980. The van der Waals surface area contributed by atoms with Crippen molar-refractivity contribution in [3.8, 4) is 0 Å². The molecule has 3 unspecified atom stereocenters. The van der Waals surface area contributed by atoms with Gasteiger partial charge in [-0.25, -0.2) is 0 Å². The normalized spacial score (nSPS) is 47.3. The SMILES string of the molecule is C/C=C1/CCC2C3CC=C4C=C(OC)CC[C@]4(C)C3CC[C@]12C. The Balaban J connectivity index is 1.70. The lowest BCUT2D eigenvalue weighted by Gasteiger charge is -2.56. The summed E-state index contributed by atoms with van der Waals surface area (Å²) in [6.07, 6.45) is 16.6. The minimum absolute atomic E-state index is 0.394. The molecule has 1 heteroatoms. The average molecular weight is 312 g/mol. The van der Waals surface area contributed by atoms with Gasteiger partial charge in [0.1, 0.15) is 0 Å². The van der Waals surface area contributed by atoms with E-state index < -0.39 is 0 Å². The van der Waals surface area contributed by atoms with E-state index in [2.05, 4.69) is 39.0 Å². The van der Waals surface area contributed by atoms with Crippen LogP contribution in [-0.4, -0.2) is 7.11 Å². The van der Waals surface area contributed by atoms with Crippen molar-refractivity contribution in [2.24, 2.45) is 28.6 Å². The van der Waals surface area contributed by atoms with Crippen LogP contribution in [0.5, 0.6) is 0 Å². The van der Waals surface area contributed by atoms with Crippen molar-refractivity contribution < 1.29 is 4.74 Å². The first-order valence-corrected chi connectivity index (χ1v) is 9.64. The average Bonchev–Trinajstić information content (AvgIpc) is 2.90. The fourth-order valence-corrected chi connectivity index (χ4v) is 6.78. The standard InChI is InChI=1S/C22H32O/c1-5-15-7-9-19-18-8-6-16-14-17(23-4)10-12-22(16,3)20(18)11-13-21(15,19)2/h5-6,14,18-20H,7-13H2,1-4H3/b15-5-/t18?,19?,20?,21-,22+/m1/s1. The van der Waals surface area contributed by atoms with E-state index in [0.29, 0.717) is 10.8 Å². The molecule has 0 bridgehead atoms. The maximum atomic E-state index is 5.55. The van der Waals surface area contributed by atoms with Crippen LogP contribution >= 0.6 is 0 Å². The molecule has 126 valence electrons. The molecule has 0 aromatic heterocycles. The number of allylic oxidation sites excluding steroid dienone is 6. The van der Waals surface area contributed by atoms with E-state index in [-0.39, 0.29) is 0 Å². The molecule has 0 aliphatic heterocycles. The second kappa shape index (κ2) is 5.26. The van der Waals surface area contributed by atoms with Crippen LogP contribution in [0.4, 0.5) is 0 Å². The van der Waals surface area contributed by atoms with E-state index in [1.165, 1.54) is 44.3 Å².